The summed E-state index contributed by atoms with van der Waals surface area (Å²) < 4.78 is 101. The number of rotatable bonds is 11. The van der Waals surface area contributed by atoms with E-state index in [0.717, 1.165) is 50.1 Å². The molecular weight excluding hydrogens is 605 g/mol. The molecule has 12 heteroatoms. The van der Waals surface area contributed by atoms with Crippen LogP contribution in [0.15, 0.2) is 70.5 Å². The molecule has 230 valence electrons. The number of hydrogen-bond acceptors (Lipinski definition) is 7. The molecule has 1 unspecified atom stereocenters. The lowest BCUT2D eigenvalue weighted by Gasteiger charge is -2.33. The fourth-order valence-electron chi connectivity index (χ4n) is 5.63. The van der Waals surface area contributed by atoms with Crippen LogP contribution in [0.1, 0.15) is 49.1 Å². The first-order chi connectivity index (χ1) is 19.6. The normalized spacial score (nSPS) is 19.9. The van der Waals surface area contributed by atoms with Gasteiger partial charge < -0.3 is 4.90 Å². The van der Waals surface area contributed by atoms with E-state index in [1.165, 1.54) is 42.5 Å². The lowest BCUT2D eigenvalue weighted by Crippen LogP contribution is -2.35. The largest absolute Gasteiger partial charge is 0.303 e. The van der Waals surface area contributed by atoms with E-state index in [9.17, 15) is 34.0 Å². The van der Waals surface area contributed by atoms with Crippen LogP contribution in [0.2, 0.25) is 0 Å². The minimum absolute atomic E-state index is 0.00800. The van der Waals surface area contributed by atoms with Crippen molar-refractivity contribution >= 4 is 29.5 Å². The maximum atomic E-state index is 14.1. The molecule has 2 aliphatic rings. The fourth-order valence-corrected chi connectivity index (χ4v) is 8.58. The third-order valence-electron chi connectivity index (χ3n) is 8.17. The minimum Gasteiger partial charge on any atom is -0.303 e. The summed E-state index contributed by atoms with van der Waals surface area (Å²) in [6.45, 7) is 2.18. The molecule has 1 saturated heterocycles. The summed E-state index contributed by atoms with van der Waals surface area (Å²) in [4.78, 5) is 2.62. The van der Waals surface area contributed by atoms with Crippen LogP contribution in [0.3, 0.4) is 0 Å². The van der Waals surface area contributed by atoms with Crippen LogP contribution in [0.25, 0.3) is 0 Å². The molecule has 0 saturated carbocycles. The number of nitrogens with zero attached hydrogens (tertiary/aromatic N) is 1. The Hall–Kier alpha value is -2.41. The Balaban J connectivity index is 1.34. The summed E-state index contributed by atoms with van der Waals surface area (Å²) in [5.74, 6) is -1.44. The van der Waals surface area contributed by atoms with Gasteiger partial charge in [-0.15, -0.1) is 0 Å². The molecule has 0 aromatic heterocycles. The van der Waals surface area contributed by atoms with Crippen LogP contribution in [-0.4, -0.2) is 73.3 Å². The van der Waals surface area contributed by atoms with Crippen molar-refractivity contribution in [2.24, 2.45) is 5.92 Å². The third kappa shape index (κ3) is 8.58. The topological polar surface area (TPSA) is 106 Å². The van der Waals surface area contributed by atoms with E-state index in [2.05, 4.69) is 4.90 Å². The lowest BCUT2D eigenvalue weighted by atomic mass is 9.87. The molecule has 0 bridgehead atoms. The molecule has 0 spiro atoms. The van der Waals surface area contributed by atoms with E-state index in [4.69, 9.17) is 0 Å². The highest BCUT2D eigenvalue weighted by Crippen LogP contribution is 2.32. The van der Waals surface area contributed by atoms with Gasteiger partial charge >= 0.3 is 0 Å². The third-order valence-corrected chi connectivity index (χ3v) is 12.5. The smallest absolute Gasteiger partial charge is 0.178 e. The van der Waals surface area contributed by atoms with Gasteiger partial charge in [-0.3, -0.25) is 0 Å². The zero-order valence-corrected chi connectivity index (χ0v) is 26.2. The fraction of sp³-hybridized carbons (Fsp3) is 0.467. The number of piperidine rings is 1. The van der Waals surface area contributed by atoms with Crippen molar-refractivity contribution in [2.45, 2.75) is 48.2 Å². The van der Waals surface area contributed by atoms with Gasteiger partial charge in [0.15, 0.2) is 29.5 Å². The van der Waals surface area contributed by atoms with Gasteiger partial charge in [0.2, 0.25) is 0 Å². The summed E-state index contributed by atoms with van der Waals surface area (Å²) in [7, 11) is -10.1. The SMILES string of the molecule is CS(=O)(=O)c1ccc([C@@H](CCN2CCC(CCS(=O)(=O)C3=CCC(S(C)(=O)=O)C=C3)CC2)c2cc(F)cc(F)c2)cc1. The van der Waals surface area contributed by atoms with Crippen molar-refractivity contribution in [1.82, 2.24) is 4.90 Å². The molecule has 2 aromatic carbocycles. The summed E-state index contributed by atoms with van der Waals surface area (Å²) in [5, 5.41) is -0.688. The van der Waals surface area contributed by atoms with Gasteiger partial charge in [0.25, 0.3) is 0 Å². The van der Waals surface area contributed by atoms with Gasteiger partial charge in [-0.2, -0.15) is 0 Å². The van der Waals surface area contributed by atoms with Crippen LogP contribution in [-0.2, 0) is 29.5 Å². The average molecular weight is 642 g/mol. The monoisotopic (exact) mass is 641 g/mol. The standard InChI is InChI=1S/C30H37F2NO6S3/c1-40(34,35)27-5-3-23(4-6-27)30(24-19-25(31)21-26(32)20-24)13-17-33-15-11-22(12-16-33)14-18-42(38,39)29-9-7-28(8-10-29)41(2,36)37/h3-7,9-10,19-22,28,30H,8,11-18H2,1-2H3/t28?,30-/m1/s1. The predicted octanol–water partition coefficient (Wildman–Crippen LogP) is 4.66. The quantitative estimate of drug-likeness (QED) is 0.351. The Morgan fingerprint density at radius 2 is 1.50 bits per heavy atom. The zero-order chi connectivity index (χ0) is 30.7. The number of likely N-dealkylation sites (tertiary alicyclic amines) is 1. The highest BCUT2D eigenvalue weighted by atomic mass is 32.2. The second-order valence-electron chi connectivity index (χ2n) is 11.3. The molecule has 1 aliphatic heterocycles. The number of sulfone groups is 3. The van der Waals surface area contributed by atoms with E-state index in [1.54, 1.807) is 12.1 Å². The maximum absolute atomic E-state index is 14.1. The van der Waals surface area contributed by atoms with Crippen LogP contribution in [0.5, 0.6) is 0 Å². The molecule has 1 fully saturated rings. The molecule has 1 aliphatic carbocycles. The maximum Gasteiger partial charge on any atom is 0.178 e. The van der Waals surface area contributed by atoms with Crippen LogP contribution in [0.4, 0.5) is 8.78 Å². The number of halogens is 2. The first kappa shape index (κ1) is 32.5. The molecule has 2 aromatic rings. The minimum atomic E-state index is -3.50. The van der Waals surface area contributed by atoms with Gasteiger partial charge in [0, 0.05) is 24.5 Å². The summed E-state index contributed by atoms with van der Waals surface area (Å²) in [6.07, 6.45) is 9.51. The molecule has 0 amide bonds. The number of benzene rings is 2. The van der Waals surface area contributed by atoms with E-state index >= 15 is 0 Å². The Labute approximate surface area is 248 Å². The molecule has 42 heavy (non-hydrogen) atoms. The van der Waals surface area contributed by atoms with Crippen molar-refractivity contribution < 1.29 is 34.0 Å². The second kappa shape index (κ2) is 13.1. The Bertz CT molecular complexity index is 1640. The van der Waals surface area contributed by atoms with Gasteiger partial charge in [0.05, 0.1) is 20.8 Å². The summed E-state index contributed by atoms with van der Waals surface area (Å²) in [5.41, 5.74) is 1.25. The first-order valence-corrected chi connectivity index (χ1v) is 19.4. The van der Waals surface area contributed by atoms with E-state index in [0.29, 0.717) is 24.9 Å². The summed E-state index contributed by atoms with van der Waals surface area (Å²) in [6, 6.07) is 9.84. The number of hydrogen-bond donors (Lipinski definition) is 0. The van der Waals surface area contributed by atoms with Crippen molar-refractivity contribution in [2.75, 3.05) is 37.9 Å². The van der Waals surface area contributed by atoms with Crippen molar-refractivity contribution in [3.63, 3.8) is 0 Å². The van der Waals surface area contributed by atoms with Crippen molar-refractivity contribution in [3.05, 3.63) is 88.4 Å². The van der Waals surface area contributed by atoms with Gasteiger partial charge in [0.1, 0.15) is 11.6 Å². The molecule has 2 atom stereocenters. The van der Waals surface area contributed by atoms with Crippen LogP contribution in [0, 0.1) is 17.6 Å². The average Bonchev–Trinajstić information content (AvgIpc) is 2.92. The van der Waals surface area contributed by atoms with Gasteiger partial charge in [-0.25, -0.2) is 34.0 Å². The second-order valence-corrected chi connectivity index (χ2v) is 17.7. The molecule has 4 rings (SSSR count). The molecule has 1 heterocycles. The molecular formula is C30H37F2NO6S3. The van der Waals surface area contributed by atoms with E-state index < -0.39 is 46.4 Å². The zero-order valence-electron chi connectivity index (χ0n) is 23.7. The van der Waals surface area contributed by atoms with E-state index in [1.807, 2.05) is 0 Å². The van der Waals surface area contributed by atoms with Gasteiger partial charge in [-0.1, -0.05) is 24.3 Å². The highest BCUT2D eigenvalue weighted by Gasteiger charge is 2.27. The van der Waals surface area contributed by atoms with Crippen LogP contribution >= 0.6 is 0 Å². The molecule has 0 N–H and O–H groups in total. The Kier molecular flexibility index (Phi) is 10.1. The summed E-state index contributed by atoms with van der Waals surface area (Å²) >= 11 is 0. The molecule has 7 nitrogen and oxygen atoms in total. The van der Waals surface area contributed by atoms with Gasteiger partial charge in [-0.05, 0) is 99.1 Å². The lowest BCUT2D eigenvalue weighted by molar-refractivity contribution is 0.178. The predicted molar refractivity (Wildman–Crippen MR) is 160 cm³/mol. The first-order valence-electron chi connectivity index (χ1n) is 13.9. The van der Waals surface area contributed by atoms with Crippen molar-refractivity contribution in [1.29, 1.82) is 0 Å². The Morgan fingerprint density at radius 1 is 0.881 bits per heavy atom. The van der Waals surface area contributed by atoms with Crippen molar-refractivity contribution in [3.8, 4) is 0 Å². The Morgan fingerprint density at radius 3 is 2.02 bits per heavy atom. The van der Waals surface area contributed by atoms with Crippen LogP contribution < -0.4 is 0 Å². The highest BCUT2D eigenvalue weighted by molar-refractivity contribution is 7.95. The number of allylic oxidation sites excluding steroid dienone is 2. The van der Waals surface area contributed by atoms with E-state index in [-0.39, 0.29) is 33.8 Å². The molecule has 0 radical (unpaired) electrons.